The molecule has 1 aromatic carbocycles. The molecular formula is C19H25ClN4O. The number of rotatable bonds is 4. The topological polar surface area (TPSA) is 69.8 Å². The van der Waals surface area contributed by atoms with Crippen LogP contribution in [-0.2, 0) is 18.4 Å². The van der Waals surface area contributed by atoms with Gasteiger partial charge in [-0.2, -0.15) is 5.10 Å². The molecule has 5 nitrogen and oxygen atoms in total. The fourth-order valence-corrected chi connectivity index (χ4v) is 4.16. The van der Waals surface area contributed by atoms with Crippen molar-refractivity contribution in [1.82, 2.24) is 20.8 Å². The first-order chi connectivity index (χ1) is 11.8. The van der Waals surface area contributed by atoms with Crippen LogP contribution in [0.2, 0.25) is 0 Å². The first-order valence-corrected chi connectivity index (χ1v) is 8.89. The van der Waals surface area contributed by atoms with E-state index in [1.807, 2.05) is 6.07 Å². The van der Waals surface area contributed by atoms with E-state index in [4.69, 9.17) is 0 Å². The third-order valence-corrected chi connectivity index (χ3v) is 5.56. The molecule has 0 spiro atoms. The van der Waals surface area contributed by atoms with Gasteiger partial charge in [0.1, 0.15) is 0 Å². The molecule has 1 aliphatic heterocycles. The predicted octanol–water partition coefficient (Wildman–Crippen LogP) is 2.72. The fourth-order valence-electron chi connectivity index (χ4n) is 4.16. The molecule has 1 aliphatic carbocycles. The normalized spacial score (nSPS) is 18.2. The summed E-state index contributed by atoms with van der Waals surface area (Å²) in [6.07, 6.45) is 5.64. The molecule has 1 aromatic heterocycles. The number of halogens is 1. The molecule has 2 heterocycles. The number of nitrogens with one attached hydrogen (secondary N) is 3. The van der Waals surface area contributed by atoms with Gasteiger partial charge in [-0.15, -0.1) is 12.4 Å². The van der Waals surface area contributed by atoms with Crippen molar-refractivity contribution >= 4 is 18.3 Å². The first kappa shape index (κ1) is 18.0. The van der Waals surface area contributed by atoms with E-state index < -0.39 is 0 Å². The number of aromatic nitrogens is 2. The van der Waals surface area contributed by atoms with Crippen molar-refractivity contribution in [2.75, 3.05) is 13.1 Å². The Bertz CT molecular complexity index is 722. The Kier molecular flexibility index (Phi) is 5.45. The van der Waals surface area contributed by atoms with E-state index in [0.29, 0.717) is 12.2 Å². The molecule has 0 atom stereocenters. The Hall–Kier alpha value is -1.85. The monoisotopic (exact) mass is 360 g/mol. The van der Waals surface area contributed by atoms with E-state index in [0.717, 1.165) is 43.6 Å². The summed E-state index contributed by atoms with van der Waals surface area (Å²) in [5, 5.41) is 13.8. The fraction of sp³-hybridized carbons (Fsp3) is 0.474. The molecule has 134 valence electrons. The standard InChI is InChI=1S/C19H24N4O.ClH/c24-18(17-15-12-20-11-8-16(15)22-23-17)21-13-19(9-4-5-10-19)14-6-2-1-3-7-14;/h1-3,6-7,20H,4-5,8-13H2,(H,21,24)(H,22,23);1H. The first-order valence-electron chi connectivity index (χ1n) is 8.89. The molecule has 2 aromatic rings. The third-order valence-electron chi connectivity index (χ3n) is 5.56. The van der Waals surface area contributed by atoms with Crippen LogP contribution >= 0.6 is 12.4 Å². The second-order valence-corrected chi connectivity index (χ2v) is 6.99. The quantitative estimate of drug-likeness (QED) is 0.785. The van der Waals surface area contributed by atoms with Gasteiger partial charge in [-0.05, 0) is 18.4 Å². The van der Waals surface area contributed by atoms with Crippen LogP contribution in [0.25, 0.3) is 0 Å². The van der Waals surface area contributed by atoms with Crippen molar-refractivity contribution in [2.45, 2.75) is 44.1 Å². The van der Waals surface area contributed by atoms with Crippen LogP contribution in [0.4, 0.5) is 0 Å². The van der Waals surface area contributed by atoms with Gasteiger partial charge in [0.15, 0.2) is 5.69 Å². The van der Waals surface area contributed by atoms with Crippen molar-refractivity contribution in [3.63, 3.8) is 0 Å². The summed E-state index contributed by atoms with van der Waals surface area (Å²) in [5.41, 5.74) is 4.09. The van der Waals surface area contributed by atoms with Crippen molar-refractivity contribution in [3.05, 3.63) is 52.8 Å². The zero-order chi connectivity index (χ0) is 16.4. The summed E-state index contributed by atoms with van der Waals surface area (Å²) in [5.74, 6) is -0.0570. The van der Waals surface area contributed by atoms with Crippen LogP contribution in [0.15, 0.2) is 30.3 Å². The number of hydrogen-bond acceptors (Lipinski definition) is 3. The second kappa shape index (κ2) is 7.58. The molecule has 0 radical (unpaired) electrons. The van der Waals surface area contributed by atoms with E-state index in [1.165, 1.54) is 18.4 Å². The van der Waals surface area contributed by atoms with E-state index in [9.17, 15) is 4.79 Å². The summed E-state index contributed by atoms with van der Waals surface area (Å²) in [7, 11) is 0. The number of aromatic amines is 1. The lowest BCUT2D eigenvalue weighted by Gasteiger charge is -2.30. The number of carbonyl (C=O) groups is 1. The molecule has 4 rings (SSSR count). The Labute approximate surface area is 154 Å². The number of amides is 1. The minimum absolute atomic E-state index is 0. The molecule has 6 heteroatoms. The largest absolute Gasteiger partial charge is 0.350 e. The van der Waals surface area contributed by atoms with Crippen LogP contribution in [0, 0.1) is 0 Å². The molecule has 1 amide bonds. The van der Waals surface area contributed by atoms with E-state index in [-0.39, 0.29) is 23.7 Å². The van der Waals surface area contributed by atoms with Gasteiger partial charge >= 0.3 is 0 Å². The highest BCUT2D eigenvalue weighted by Gasteiger charge is 2.36. The number of benzene rings is 1. The van der Waals surface area contributed by atoms with Crippen LogP contribution in [0.3, 0.4) is 0 Å². The number of carbonyl (C=O) groups excluding carboxylic acids is 1. The Morgan fingerprint density at radius 1 is 1.20 bits per heavy atom. The smallest absolute Gasteiger partial charge is 0.272 e. The van der Waals surface area contributed by atoms with Gasteiger partial charge in [0, 0.05) is 42.7 Å². The van der Waals surface area contributed by atoms with Crippen LogP contribution in [0.5, 0.6) is 0 Å². The Morgan fingerprint density at radius 3 is 2.72 bits per heavy atom. The summed E-state index contributed by atoms with van der Waals surface area (Å²) < 4.78 is 0. The predicted molar refractivity (Wildman–Crippen MR) is 100 cm³/mol. The van der Waals surface area contributed by atoms with E-state index >= 15 is 0 Å². The lowest BCUT2D eigenvalue weighted by molar-refractivity contribution is 0.0937. The summed E-state index contributed by atoms with van der Waals surface area (Å²) >= 11 is 0. The van der Waals surface area contributed by atoms with Gasteiger partial charge in [-0.25, -0.2) is 0 Å². The minimum Gasteiger partial charge on any atom is -0.350 e. The van der Waals surface area contributed by atoms with E-state index in [2.05, 4.69) is 45.1 Å². The number of fused-ring (bicyclic) bond motifs is 1. The van der Waals surface area contributed by atoms with Crippen molar-refractivity contribution in [1.29, 1.82) is 0 Å². The maximum Gasteiger partial charge on any atom is 0.272 e. The zero-order valence-electron chi connectivity index (χ0n) is 14.3. The Balaban J connectivity index is 0.00000182. The average Bonchev–Trinajstić information content (AvgIpc) is 3.28. The highest BCUT2D eigenvalue weighted by molar-refractivity contribution is 5.94. The zero-order valence-corrected chi connectivity index (χ0v) is 15.1. The molecule has 2 aliphatic rings. The molecule has 1 fully saturated rings. The molecule has 25 heavy (non-hydrogen) atoms. The van der Waals surface area contributed by atoms with Crippen LogP contribution in [0.1, 0.15) is 53.0 Å². The average molecular weight is 361 g/mol. The van der Waals surface area contributed by atoms with Crippen LogP contribution < -0.4 is 10.6 Å². The van der Waals surface area contributed by atoms with Crippen molar-refractivity contribution < 1.29 is 4.79 Å². The number of hydrogen-bond donors (Lipinski definition) is 3. The number of nitrogens with zero attached hydrogens (tertiary/aromatic N) is 1. The summed E-state index contributed by atoms with van der Waals surface area (Å²) in [6, 6.07) is 10.6. The van der Waals surface area contributed by atoms with Gasteiger partial charge < -0.3 is 10.6 Å². The maximum absolute atomic E-state index is 12.7. The lowest BCUT2D eigenvalue weighted by atomic mass is 9.79. The van der Waals surface area contributed by atoms with Gasteiger partial charge in [-0.3, -0.25) is 9.89 Å². The van der Waals surface area contributed by atoms with Gasteiger partial charge in [0.05, 0.1) is 0 Å². The van der Waals surface area contributed by atoms with Gasteiger partial charge in [-0.1, -0.05) is 43.2 Å². The summed E-state index contributed by atoms with van der Waals surface area (Å²) in [6.45, 7) is 2.34. The molecule has 1 saturated carbocycles. The van der Waals surface area contributed by atoms with Crippen LogP contribution in [-0.4, -0.2) is 29.2 Å². The third kappa shape index (κ3) is 3.44. The van der Waals surface area contributed by atoms with Crippen molar-refractivity contribution in [2.24, 2.45) is 0 Å². The molecule has 3 N–H and O–H groups in total. The Morgan fingerprint density at radius 2 is 1.96 bits per heavy atom. The lowest BCUT2D eigenvalue weighted by Crippen LogP contribution is -2.39. The highest BCUT2D eigenvalue weighted by Crippen LogP contribution is 2.40. The molecular weight excluding hydrogens is 336 g/mol. The molecule has 0 bridgehead atoms. The number of H-pyrrole nitrogens is 1. The highest BCUT2D eigenvalue weighted by atomic mass is 35.5. The minimum atomic E-state index is -0.0570. The molecule has 0 unspecified atom stereocenters. The molecule has 0 saturated heterocycles. The van der Waals surface area contributed by atoms with Gasteiger partial charge in [0.25, 0.3) is 5.91 Å². The maximum atomic E-state index is 12.7. The summed E-state index contributed by atoms with van der Waals surface area (Å²) in [4.78, 5) is 12.7. The van der Waals surface area contributed by atoms with E-state index in [1.54, 1.807) is 0 Å². The van der Waals surface area contributed by atoms with Crippen molar-refractivity contribution in [3.8, 4) is 0 Å². The van der Waals surface area contributed by atoms with Gasteiger partial charge in [0.2, 0.25) is 0 Å². The second-order valence-electron chi connectivity index (χ2n) is 6.99. The SMILES string of the molecule is Cl.O=C(NCC1(c2ccccc2)CCCC1)c1n[nH]c2c1CNCC2.